The van der Waals surface area contributed by atoms with E-state index in [1.165, 1.54) is 25.7 Å². The van der Waals surface area contributed by atoms with Crippen LogP contribution in [0.2, 0.25) is 0 Å². The summed E-state index contributed by atoms with van der Waals surface area (Å²) in [6, 6.07) is 3.83. The first-order valence-corrected chi connectivity index (χ1v) is 10.2. The van der Waals surface area contributed by atoms with Crippen LogP contribution in [-0.4, -0.2) is 9.97 Å². The predicted molar refractivity (Wildman–Crippen MR) is 109 cm³/mol. The van der Waals surface area contributed by atoms with Crippen LogP contribution >= 0.6 is 0 Å². The van der Waals surface area contributed by atoms with E-state index in [-0.39, 0.29) is 16.6 Å². The first-order chi connectivity index (χ1) is 12.3. The number of fused-ring (bicyclic) bond motifs is 1. The van der Waals surface area contributed by atoms with E-state index in [1.54, 1.807) is 6.20 Å². The molecule has 0 spiro atoms. The average Bonchev–Trinajstić information content (AvgIpc) is 2.64. The maximum absolute atomic E-state index is 15.0. The maximum Gasteiger partial charge on any atom is 0.154 e. The lowest BCUT2D eigenvalue weighted by Crippen LogP contribution is -2.23. The molecule has 2 aromatic rings. The zero-order valence-corrected chi connectivity index (χ0v) is 17.5. The molecule has 0 saturated carbocycles. The second kappa shape index (κ2) is 8.45. The third-order valence-corrected chi connectivity index (χ3v) is 6.25. The summed E-state index contributed by atoms with van der Waals surface area (Å²) >= 11 is 0. The highest BCUT2D eigenvalue weighted by Crippen LogP contribution is 2.35. The molecule has 3 heteroatoms. The highest BCUT2D eigenvalue weighted by Gasteiger charge is 2.28. The normalized spacial score (nSPS) is 14.6. The van der Waals surface area contributed by atoms with E-state index in [2.05, 4.69) is 46.5 Å². The van der Waals surface area contributed by atoms with E-state index in [1.807, 2.05) is 12.1 Å². The number of benzene rings is 1. The molecule has 0 aliphatic carbocycles. The van der Waals surface area contributed by atoms with Crippen LogP contribution in [0.5, 0.6) is 0 Å². The molecule has 1 aromatic heterocycles. The van der Waals surface area contributed by atoms with Crippen LogP contribution in [-0.2, 0) is 10.8 Å². The van der Waals surface area contributed by atoms with Gasteiger partial charge in [-0.3, -0.25) is 0 Å². The van der Waals surface area contributed by atoms with Crippen molar-refractivity contribution >= 4 is 11.0 Å². The lowest BCUT2D eigenvalue weighted by Gasteiger charge is -2.28. The molecule has 2 nitrogen and oxygen atoms in total. The third-order valence-electron chi connectivity index (χ3n) is 6.25. The second-order valence-electron chi connectivity index (χ2n) is 8.51. The van der Waals surface area contributed by atoms with Crippen LogP contribution in [0.3, 0.4) is 0 Å². The molecule has 0 radical (unpaired) electrons. The fourth-order valence-electron chi connectivity index (χ4n) is 3.48. The minimum atomic E-state index is -0.213. The average molecular weight is 359 g/mol. The molecule has 0 saturated heterocycles. The molecule has 1 unspecified atom stereocenters. The molecule has 0 N–H and O–H groups in total. The van der Waals surface area contributed by atoms with Crippen LogP contribution in [0.1, 0.15) is 97.7 Å². The summed E-state index contributed by atoms with van der Waals surface area (Å²) in [6.07, 6.45) is 9.80. The Balaban J connectivity index is 2.37. The van der Waals surface area contributed by atoms with Gasteiger partial charge in [-0.15, -0.1) is 0 Å². The van der Waals surface area contributed by atoms with Gasteiger partial charge in [0, 0.05) is 11.6 Å². The fraction of sp³-hybridized carbons (Fsp3) is 0.652. The van der Waals surface area contributed by atoms with Crippen molar-refractivity contribution < 1.29 is 4.39 Å². The molecule has 26 heavy (non-hydrogen) atoms. The van der Waals surface area contributed by atoms with Crippen LogP contribution in [0.15, 0.2) is 18.3 Å². The molecule has 1 atom stereocenters. The predicted octanol–water partition coefficient (Wildman–Crippen LogP) is 7.09. The number of halogens is 1. The Hall–Kier alpha value is -1.51. The lowest BCUT2D eigenvalue weighted by atomic mass is 9.79. The van der Waals surface area contributed by atoms with Gasteiger partial charge >= 0.3 is 0 Å². The lowest BCUT2D eigenvalue weighted by molar-refractivity contribution is 0.385. The molecule has 0 bridgehead atoms. The molecule has 0 aliphatic heterocycles. The van der Waals surface area contributed by atoms with Gasteiger partial charge in [0.25, 0.3) is 0 Å². The SMILES string of the molecule is CCCCCCC(C)(CC)c1cnc2c(F)c(C(C)(C)CC)ccc2n1. The van der Waals surface area contributed by atoms with Crippen LogP contribution in [0.4, 0.5) is 4.39 Å². The molecule has 1 aromatic carbocycles. The number of nitrogens with zero attached hydrogens (tertiary/aromatic N) is 2. The van der Waals surface area contributed by atoms with Crippen molar-refractivity contribution in [2.45, 2.75) is 97.3 Å². The summed E-state index contributed by atoms with van der Waals surface area (Å²) < 4.78 is 15.0. The highest BCUT2D eigenvalue weighted by molar-refractivity contribution is 5.76. The van der Waals surface area contributed by atoms with Gasteiger partial charge < -0.3 is 0 Å². The molecule has 2 rings (SSSR count). The topological polar surface area (TPSA) is 25.8 Å². The number of aromatic nitrogens is 2. The molecule has 1 heterocycles. The summed E-state index contributed by atoms with van der Waals surface area (Å²) in [5.74, 6) is -0.213. The first-order valence-electron chi connectivity index (χ1n) is 10.2. The molecule has 144 valence electrons. The van der Waals surface area contributed by atoms with Crippen molar-refractivity contribution in [1.82, 2.24) is 9.97 Å². The Morgan fingerprint density at radius 1 is 0.962 bits per heavy atom. The zero-order valence-electron chi connectivity index (χ0n) is 17.5. The summed E-state index contributed by atoms with van der Waals surface area (Å²) in [5.41, 5.74) is 2.60. The van der Waals surface area contributed by atoms with Gasteiger partial charge in [-0.1, -0.05) is 73.3 Å². The summed E-state index contributed by atoms with van der Waals surface area (Å²) in [7, 11) is 0. The quantitative estimate of drug-likeness (QED) is 0.447. The van der Waals surface area contributed by atoms with Crippen LogP contribution < -0.4 is 0 Å². The Labute approximate surface area is 158 Å². The van der Waals surface area contributed by atoms with Crippen molar-refractivity contribution in [3.63, 3.8) is 0 Å². The largest absolute Gasteiger partial charge is 0.250 e. The van der Waals surface area contributed by atoms with E-state index < -0.39 is 0 Å². The summed E-state index contributed by atoms with van der Waals surface area (Å²) in [5, 5.41) is 0. The Morgan fingerprint density at radius 3 is 2.31 bits per heavy atom. The molecular formula is C23H35FN2. The van der Waals surface area contributed by atoms with Crippen molar-refractivity contribution in [2.75, 3.05) is 0 Å². The van der Waals surface area contributed by atoms with Gasteiger partial charge in [-0.25, -0.2) is 14.4 Å². The van der Waals surface area contributed by atoms with Crippen LogP contribution in [0.25, 0.3) is 11.0 Å². The standard InChI is InChI=1S/C23H35FN2/c1-7-10-11-12-15-23(6,9-3)19-16-25-21-18(26-19)14-13-17(20(21)24)22(4,5)8-2/h13-14,16H,7-12,15H2,1-6H3. The minimum Gasteiger partial charge on any atom is -0.250 e. The smallest absolute Gasteiger partial charge is 0.154 e. The zero-order chi connectivity index (χ0) is 19.4. The third kappa shape index (κ3) is 4.24. The molecular weight excluding hydrogens is 323 g/mol. The Morgan fingerprint density at radius 2 is 1.69 bits per heavy atom. The van der Waals surface area contributed by atoms with Gasteiger partial charge in [-0.2, -0.15) is 0 Å². The maximum atomic E-state index is 15.0. The molecule has 0 fully saturated rings. The van der Waals surface area contributed by atoms with Crippen molar-refractivity contribution in [2.24, 2.45) is 0 Å². The summed E-state index contributed by atoms with van der Waals surface area (Å²) in [4.78, 5) is 9.33. The van der Waals surface area contributed by atoms with E-state index in [0.29, 0.717) is 11.0 Å². The van der Waals surface area contributed by atoms with E-state index >= 15 is 4.39 Å². The van der Waals surface area contributed by atoms with Gasteiger partial charge in [0.05, 0.1) is 11.2 Å². The minimum absolute atomic E-state index is 0.00671. The van der Waals surface area contributed by atoms with E-state index in [0.717, 1.165) is 30.5 Å². The summed E-state index contributed by atoms with van der Waals surface area (Å²) in [6.45, 7) is 12.9. The van der Waals surface area contributed by atoms with Crippen LogP contribution in [0, 0.1) is 5.82 Å². The fourth-order valence-corrected chi connectivity index (χ4v) is 3.48. The number of hydrogen-bond donors (Lipinski definition) is 0. The number of hydrogen-bond acceptors (Lipinski definition) is 2. The Bertz CT molecular complexity index is 738. The number of unbranched alkanes of at least 4 members (excludes halogenated alkanes) is 3. The van der Waals surface area contributed by atoms with E-state index in [9.17, 15) is 0 Å². The van der Waals surface area contributed by atoms with Gasteiger partial charge in [0.2, 0.25) is 0 Å². The van der Waals surface area contributed by atoms with Gasteiger partial charge in [0.15, 0.2) is 5.82 Å². The van der Waals surface area contributed by atoms with Crippen molar-refractivity contribution in [3.8, 4) is 0 Å². The number of rotatable bonds is 9. The monoisotopic (exact) mass is 358 g/mol. The molecule has 0 amide bonds. The van der Waals surface area contributed by atoms with Gasteiger partial charge in [-0.05, 0) is 36.3 Å². The molecule has 0 aliphatic rings. The first kappa shape index (κ1) is 20.8. The Kier molecular flexibility index (Phi) is 6.76. The van der Waals surface area contributed by atoms with E-state index in [4.69, 9.17) is 4.98 Å². The van der Waals surface area contributed by atoms with Crippen molar-refractivity contribution in [3.05, 3.63) is 35.4 Å². The van der Waals surface area contributed by atoms with Crippen molar-refractivity contribution in [1.29, 1.82) is 0 Å². The highest BCUT2D eigenvalue weighted by atomic mass is 19.1. The second-order valence-corrected chi connectivity index (χ2v) is 8.51. The van der Waals surface area contributed by atoms with Gasteiger partial charge in [0.1, 0.15) is 5.52 Å².